The van der Waals surface area contributed by atoms with Crippen LogP contribution in [0.4, 0.5) is 0 Å². The second kappa shape index (κ2) is 4.72. The third-order valence-electron chi connectivity index (χ3n) is 2.77. The van der Waals surface area contributed by atoms with Crippen molar-refractivity contribution in [2.24, 2.45) is 0 Å². The van der Waals surface area contributed by atoms with E-state index in [0.717, 1.165) is 18.7 Å². The molecule has 0 aliphatic carbocycles. The minimum atomic E-state index is -0.0326. The Morgan fingerprint density at radius 2 is 2.19 bits per heavy atom. The highest BCUT2D eigenvalue weighted by Crippen LogP contribution is 2.32. The smallest absolute Gasteiger partial charge is 0.167 e. The van der Waals surface area contributed by atoms with Gasteiger partial charge in [0.1, 0.15) is 6.10 Å². The summed E-state index contributed by atoms with van der Waals surface area (Å²) in [6, 6.07) is 5.54. The van der Waals surface area contributed by atoms with Gasteiger partial charge in [0.15, 0.2) is 11.5 Å². The molecule has 1 heterocycles. The van der Waals surface area contributed by atoms with Crippen LogP contribution in [0.3, 0.4) is 0 Å². The first-order valence-corrected chi connectivity index (χ1v) is 5.36. The fraction of sp³-hybridized carbons (Fsp3) is 0.500. The highest BCUT2D eigenvalue weighted by Gasteiger charge is 2.26. The van der Waals surface area contributed by atoms with Crippen molar-refractivity contribution in [1.29, 1.82) is 0 Å². The zero-order valence-electron chi connectivity index (χ0n) is 9.64. The Morgan fingerprint density at radius 3 is 2.75 bits per heavy atom. The fourth-order valence-corrected chi connectivity index (χ4v) is 1.86. The predicted molar refractivity (Wildman–Crippen MR) is 60.8 cm³/mol. The lowest BCUT2D eigenvalue weighted by molar-refractivity contribution is 0.0354. The van der Waals surface area contributed by atoms with E-state index in [4.69, 9.17) is 9.47 Å². The van der Waals surface area contributed by atoms with Gasteiger partial charge in [-0.3, -0.25) is 4.90 Å². The molecule has 1 N–H and O–H groups in total. The first-order valence-electron chi connectivity index (χ1n) is 5.36. The highest BCUT2D eigenvalue weighted by molar-refractivity contribution is 5.46. The Labute approximate surface area is 95.4 Å². The molecule has 4 heteroatoms. The minimum Gasteiger partial charge on any atom is -0.493 e. The molecule has 16 heavy (non-hydrogen) atoms. The number of rotatable bonds is 4. The van der Waals surface area contributed by atoms with E-state index >= 15 is 0 Å². The van der Waals surface area contributed by atoms with E-state index in [1.807, 2.05) is 18.2 Å². The van der Waals surface area contributed by atoms with E-state index in [-0.39, 0.29) is 12.7 Å². The normalized spacial score (nSPS) is 16.9. The van der Waals surface area contributed by atoms with Crippen molar-refractivity contribution in [3.05, 3.63) is 23.8 Å². The van der Waals surface area contributed by atoms with Crippen LogP contribution in [0, 0.1) is 0 Å². The SMILES string of the molecule is COc1cccc(CO)c1OC1CN(C)C1. The molecule has 88 valence electrons. The Morgan fingerprint density at radius 1 is 1.44 bits per heavy atom. The number of nitrogens with zero attached hydrogens (tertiary/aromatic N) is 1. The third-order valence-corrected chi connectivity index (χ3v) is 2.77. The molecule has 1 fully saturated rings. The number of likely N-dealkylation sites (N-methyl/N-ethyl adjacent to an activating group) is 1. The number of aliphatic hydroxyl groups is 1. The van der Waals surface area contributed by atoms with Gasteiger partial charge >= 0.3 is 0 Å². The Kier molecular flexibility index (Phi) is 3.31. The highest BCUT2D eigenvalue weighted by atomic mass is 16.5. The van der Waals surface area contributed by atoms with Gasteiger partial charge in [-0.05, 0) is 13.1 Å². The maximum atomic E-state index is 9.25. The summed E-state index contributed by atoms with van der Waals surface area (Å²) in [7, 11) is 3.66. The van der Waals surface area contributed by atoms with Crippen LogP contribution in [-0.2, 0) is 6.61 Å². The quantitative estimate of drug-likeness (QED) is 0.822. The summed E-state index contributed by atoms with van der Waals surface area (Å²) in [5.41, 5.74) is 0.772. The second-order valence-corrected chi connectivity index (χ2v) is 4.07. The Bertz CT molecular complexity index is 339. The summed E-state index contributed by atoms with van der Waals surface area (Å²) in [5, 5.41) is 9.25. The maximum Gasteiger partial charge on any atom is 0.167 e. The summed E-state index contributed by atoms with van der Waals surface area (Å²) in [4.78, 5) is 2.18. The third kappa shape index (κ3) is 2.13. The molecule has 0 saturated carbocycles. The van der Waals surface area contributed by atoms with E-state index in [2.05, 4.69) is 11.9 Å². The lowest BCUT2D eigenvalue weighted by Crippen LogP contribution is -2.51. The van der Waals surface area contributed by atoms with Crippen LogP contribution in [0.2, 0.25) is 0 Å². The molecular formula is C12H17NO3. The van der Waals surface area contributed by atoms with Crippen molar-refractivity contribution >= 4 is 0 Å². The minimum absolute atomic E-state index is 0.0326. The number of ether oxygens (including phenoxy) is 2. The number of para-hydroxylation sites is 1. The van der Waals surface area contributed by atoms with E-state index < -0.39 is 0 Å². The summed E-state index contributed by atoms with van der Waals surface area (Å²) < 4.78 is 11.1. The molecule has 0 atom stereocenters. The second-order valence-electron chi connectivity index (χ2n) is 4.07. The molecule has 4 nitrogen and oxygen atoms in total. The van der Waals surface area contributed by atoms with Crippen molar-refractivity contribution in [3.63, 3.8) is 0 Å². The molecule has 1 aliphatic heterocycles. The monoisotopic (exact) mass is 223 g/mol. The summed E-state index contributed by atoms with van der Waals surface area (Å²) in [5.74, 6) is 1.35. The molecule has 2 rings (SSSR count). The van der Waals surface area contributed by atoms with E-state index in [9.17, 15) is 5.11 Å². The van der Waals surface area contributed by atoms with E-state index in [1.54, 1.807) is 7.11 Å². The number of aliphatic hydroxyl groups excluding tert-OH is 1. The molecule has 1 aromatic rings. The number of likely N-dealkylation sites (tertiary alicyclic amines) is 1. The summed E-state index contributed by atoms with van der Waals surface area (Å²) >= 11 is 0. The molecule has 0 bridgehead atoms. The first kappa shape index (κ1) is 11.2. The fourth-order valence-electron chi connectivity index (χ4n) is 1.86. The van der Waals surface area contributed by atoms with Gasteiger partial charge in [0, 0.05) is 18.7 Å². The summed E-state index contributed by atoms with van der Waals surface area (Å²) in [6.07, 6.45) is 0.201. The van der Waals surface area contributed by atoms with Crippen LogP contribution in [0.5, 0.6) is 11.5 Å². The topological polar surface area (TPSA) is 41.9 Å². The van der Waals surface area contributed by atoms with Crippen LogP contribution in [0.25, 0.3) is 0 Å². The van der Waals surface area contributed by atoms with E-state index in [1.165, 1.54) is 0 Å². The van der Waals surface area contributed by atoms with Crippen LogP contribution in [0.15, 0.2) is 18.2 Å². The maximum absolute atomic E-state index is 9.25. The van der Waals surface area contributed by atoms with Crippen molar-refractivity contribution in [3.8, 4) is 11.5 Å². The summed E-state index contributed by atoms with van der Waals surface area (Å²) in [6.45, 7) is 1.81. The Balaban J connectivity index is 2.16. The average Bonchev–Trinajstić information content (AvgIpc) is 2.27. The van der Waals surface area contributed by atoms with Crippen molar-refractivity contribution in [1.82, 2.24) is 4.90 Å². The lowest BCUT2D eigenvalue weighted by atomic mass is 10.1. The van der Waals surface area contributed by atoms with Gasteiger partial charge in [0.25, 0.3) is 0 Å². The molecule has 0 spiro atoms. The predicted octanol–water partition coefficient (Wildman–Crippen LogP) is 0.880. The largest absolute Gasteiger partial charge is 0.493 e. The van der Waals surface area contributed by atoms with Gasteiger partial charge in [0.2, 0.25) is 0 Å². The van der Waals surface area contributed by atoms with Gasteiger partial charge < -0.3 is 14.6 Å². The number of methoxy groups -OCH3 is 1. The molecule has 0 unspecified atom stereocenters. The van der Waals surface area contributed by atoms with Crippen LogP contribution >= 0.6 is 0 Å². The number of benzene rings is 1. The van der Waals surface area contributed by atoms with Crippen molar-refractivity contribution < 1.29 is 14.6 Å². The standard InChI is InChI=1S/C12H17NO3/c1-13-6-10(7-13)16-12-9(8-14)4-3-5-11(12)15-2/h3-5,10,14H,6-8H2,1-2H3. The van der Waals surface area contributed by atoms with E-state index in [0.29, 0.717) is 11.5 Å². The number of hydrogen-bond acceptors (Lipinski definition) is 4. The van der Waals surface area contributed by atoms with Gasteiger partial charge in [-0.25, -0.2) is 0 Å². The zero-order chi connectivity index (χ0) is 11.5. The molecule has 0 amide bonds. The lowest BCUT2D eigenvalue weighted by Gasteiger charge is -2.36. The van der Waals surface area contributed by atoms with Gasteiger partial charge in [-0.2, -0.15) is 0 Å². The average molecular weight is 223 g/mol. The molecule has 1 saturated heterocycles. The van der Waals surface area contributed by atoms with Crippen LogP contribution in [-0.4, -0.2) is 43.4 Å². The first-order chi connectivity index (χ1) is 7.74. The van der Waals surface area contributed by atoms with Crippen LogP contribution in [0.1, 0.15) is 5.56 Å². The van der Waals surface area contributed by atoms with Gasteiger partial charge in [-0.15, -0.1) is 0 Å². The molecule has 1 aromatic carbocycles. The molecular weight excluding hydrogens is 206 g/mol. The van der Waals surface area contributed by atoms with Crippen molar-refractivity contribution in [2.45, 2.75) is 12.7 Å². The van der Waals surface area contributed by atoms with Crippen LogP contribution < -0.4 is 9.47 Å². The van der Waals surface area contributed by atoms with Gasteiger partial charge in [0.05, 0.1) is 13.7 Å². The van der Waals surface area contributed by atoms with Crippen molar-refractivity contribution in [2.75, 3.05) is 27.2 Å². The van der Waals surface area contributed by atoms with Gasteiger partial charge in [-0.1, -0.05) is 12.1 Å². The zero-order valence-corrected chi connectivity index (χ0v) is 9.64. The molecule has 0 aromatic heterocycles. The molecule has 0 radical (unpaired) electrons. The number of hydrogen-bond donors (Lipinski definition) is 1. The Hall–Kier alpha value is -1.26. The molecule has 1 aliphatic rings.